The Morgan fingerprint density at radius 1 is 1.07 bits per heavy atom. The van der Waals surface area contributed by atoms with Gasteiger partial charge in [-0.2, -0.15) is 4.98 Å². The lowest BCUT2D eigenvalue weighted by Crippen LogP contribution is -2.34. The monoisotopic (exact) mass is 365 g/mol. The molecule has 5 rings (SSSR count). The van der Waals surface area contributed by atoms with Crippen molar-refractivity contribution < 1.29 is 4.52 Å². The summed E-state index contributed by atoms with van der Waals surface area (Å²) in [5, 5.41) is 4.64. The average molecular weight is 365 g/mol. The van der Waals surface area contributed by atoms with Crippen molar-refractivity contribution in [2.45, 2.75) is 57.5 Å². The van der Waals surface area contributed by atoms with E-state index in [-0.39, 0.29) is 17.6 Å². The zero-order valence-corrected chi connectivity index (χ0v) is 15.5. The number of aromatic nitrogens is 4. The Morgan fingerprint density at radius 3 is 2.67 bits per heavy atom. The normalized spacial score (nSPS) is 20.8. The zero-order valence-electron chi connectivity index (χ0n) is 15.5. The minimum atomic E-state index is -0.0113. The van der Waals surface area contributed by atoms with E-state index in [9.17, 15) is 4.79 Å². The van der Waals surface area contributed by atoms with Gasteiger partial charge >= 0.3 is 6.01 Å². The molecule has 7 nitrogen and oxygen atoms in total. The van der Waals surface area contributed by atoms with Crippen LogP contribution in [0.4, 0.5) is 6.01 Å². The van der Waals surface area contributed by atoms with Gasteiger partial charge < -0.3 is 9.42 Å². The van der Waals surface area contributed by atoms with Crippen LogP contribution in [0.15, 0.2) is 33.6 Å². The largest absolute Gasteiger partial charge is 0.324 e. The molecule has 1 aromatic carbocycles. The fourth-order valence-corrected chi connectivity index (χ4v) is 4.58. The molecular weight excluding hydrogens is 342 g/mol. The molecule has 2 aromatic heterocycles. The summed E-state index contributed by atoms with van der Waals surface area (Å²) in [4.78, 5) is 24.9. The van der Waals surface area contributed by atoms with E-state index in [0.29, 0.717) is 17.2 Å². The van der Waals surface area contributed by atoms with Crippen molar-refractivity contribution in [3.8, 4) is 0 Å². The van der Waals surface area contributed by atoms with Gasteiger partial charge in [0.25, 0.3) is 5.56 Å². The number of fused-ring (bicyclic) bond motifs is 1. The van der Waals surface area contributed by atoms with Crippen molar-refractivity contribution in [3.63, 3.8) is 0 Å². The van der Waals surface area contributed by atoms with E-state index < -0.39 is 0 Å². The van der Waals surface area contributed by atoms with Gasteiger partial charge in [-0.15, -0.1) is 0 Å². The van der Waals surface area contributed by atoms with Crippen molar-refractivity contribution >= 4 is 16.9 Å². The molecule has 140 valence electrons. The minimum Gasteiger partial charge on any atom is -0.315 e. The molecule has 1 atom stereocenters. The van der Waals surface area contributed by atoms with Crippen LogP contribution in [-0.2, 0) is 0 Å². The summed E-state index contributed by atoms with van der Waals surface area (Å²) in [7, 11) is 0. The molecule has 7 heteroatoms. The average Bonchev–Trinajstić information content (AvgIpc) is 3.43. The Bertz CT molecular complexity index is 1030. The predicted octanol–water partition coefficient (Wildman–Crippen LogP) is 3.54. The Hall–Kier alpha value is -2.70. The van der Waals surface area contributed by atoms with Crippen LogP contribution < -0.4 is 10.5 Å². The summed E-state index contributed by atoms with van der Waals surface area (Å²) in [6.07, 6.45) is 6.36. The first-order valence-electron chi connectivity index (χ1n) is 9.80. The molecule has 2 fully saturated rings. The van der Waals surface area contributed by atoms with Crippen molar-refractivity contribution in [3.05, 3.63) is 46.3 Å². The van der Waals surface area contributed by atoms with Gasteiger partial charge in [-0.1, -0.05) is 30.1 Å². The van der Waals surface area contributed by atoms with Gasteiger partial charge in [0.1, 0.15) is 5.82 Å². The van der Waals surface area contributed by atoms with Crippen LogP contribution in [0.3, 0.4) is 0 Å². The molecule has 1 saturated heterocycles. The summed E-state index contributed by atoms with van der Waals surface area (Å²) in [5.41, 5.74) is 0.844. The maximum Gasteiger partial charge on any atom is 0.324 e. The first-order chi connectivity index (χ1) is 13.2. The van der Waals surface area contributed by atoms with Gasteiger partial charge in [0.15, 0.2) is 5.82 Å². The lowest BCUT2D eigenvalue weighted by atomic mass is 10.1. The Balaban J connectivity index is 1.69. The van der Waals surface area contributed by atoms with Crippen LogP contribution in [-0.4, -0.2) is 26.2 Å². The number of hydrogen-bond acceptors (Lipinski definition) is 6. The minimum absolute atomic E-state index is 0.0113. The van der Waals surface area contributed by atoms with E-state index in [1.807, 2.05) is 35.8 Å². The number of hydrogen-bond donors (Lipinski definition) is 0. The summed E-state index contributed by atoms with van der Waals surface area (Å²) in [6, 6.07) is 8.40. The Kier molecular flexibility index (Phi) is 3.95. The number of para-hydroxylation sites is 1. The van der Waals surface area contributed by atoms with Crippen LogP contribution in [0.5, 0.6) is 0 Å². The Morgan fingerprint density at radius 2 is 1.89 bits per heavy atom. The molecule has 0 amide bonds. The van der Waals surface area contributed by atoms with Gasteiger partial charge in [0, 0.05) is 12.6 Å². The SMILES string of the molecule is Cc1noc(N2CCCC2c2nc3ccccc3c(=O)n2C2CCCC2)n1. The number of anilines is 1. The van der Waals surface area contributed by atoms with Gasteiger partial charge in [-0.05, 0) is 44.7 Å². The number of rotatable bonds is 3. The highest BCUT2D eigenvalue weighted by Crippen LogP contribution is 2.37. The first-order valence-corrected chi connectivity index (χ1v) is 9.80. The summed E-state index contributed by atoms with van der Waals surface area (Å²) in [6.45, 7) is 2.65. The maximum absolute atomic E-state index is 13.4. The zero-order chi connectivity index (χ0) is 18.4. The third kappa shape index (κ3) is 2.72. The van der Waals surface area contributed by atoms with E-state index in [4.69, 9.17) is 9.51 Å². The second kappa shape index (κ2) is 6.48. The first kappa shape index (κ1) is 16.5. The van der Waals surface area contributed by atoms with E-state index in [2.05, 4.69) is 15.0 Å². The molecule has 0 radical (unpaired) electrons. The third-order valence-corrected chi connectivity index (χ3v) is 5.84. The maximum atomic E-state index is 13.4. The highest BCUT2D eigenvalue weighted by molar-refractivity contribution is 5.77. The van der Waals surface area contributed by atoms with Crippen molar-refractivity contribution in [2.24, 2.45) is 0 Å². The lowest BCUT2D eigenvalue weighted by molar-refractivity contribution is 0.397. The lowest BCUT2D eigenvalue weighted by Gasteiger charge is -2.27. The molecule has 1 saturated carbocycles. The van der Waals surface area contributed by atoms with Gasteiger partial charge in [0.2, 0.25) is 0 Å². The second-order valence-corrected chi connectivity index (χ2v) is 7.58. The quantitative estimate of drug-likeness (QED) is 0.706. The fraction of sp³-hybridized carbons (Fsp3) is 0.500. The molecule has 3 aromatic rings. The molecule has 0 spiro atoms. The standard InChI is InChI=1S/C20H23N5O2/c1-13-21-20(27-23-13)24-12-6-11-17(24)18-22-16-10-5-4-9-15(16)19(26)25(18)14-7-2-3-8-14/h4-5,9-10,14,17H,2-3,6-8,11-12H2,1H3. The topological polar surface area (TPSA) is 77.0 Å². The molecule has 2 aliphatic rings. The van der Waals surface area contributed by atoms with E-state index in [0.717, 1.165) is 43.6 Å². The van der Waals surface area contributed by atoms with Gasteiger partial charge in [-0.25, -0.2) is 4.98 Å². The molecule has 0 N–H and O–H groups in total. The highest BCUT2D eigenvalue weighted by Gasteiger charge is 2.35. The van der Waals surface area contributed by atoms with Crippen LogP contribution >= 0.6 is 0 Å². The highest BCUT2D eigenvalue weighted by atomic mass is 16.5. The molecule has 1 aliphatic carbocycles. The number of nitrogens with zero attached hydrogens (tertiary/aromatic N) is 5. The fourth-order valence-electron chi connectivity index (χ4n) is 4.58. The predicted molar refractivity (Wildman–Crippen MR) is 102 cm³/mol. The van der Waals surface area contributed by atoms with Crippen molar-refractivity contribution in [1.29, 1.82) is 0 Å². The third-order valence-electron chi connectivity index (χ3n) is 5.84. The van der Waals surface area contributed by atoms with E-state index in [1.165, 1.54) is 12.8 Å². The van der Waals surface area contributed by atoms with Crippen molar-refractivity contribution in [1.82, 2.24) is 19.7 Å². The molecular formula is C20H23N5O2. The molecule has 0 bridgehead atoms. The van der Waals surface area contributed by atoms with Crippen LogP contribution in [0, 0.1) is 6.92 Å². The molecule has 27 heavy (non-hydrogen) atoms. The molecule has 1 aliphatic heterocycles. The Labute approximate surface area is 157 Å². The van der Waals surface area contributed by atoms with Gasteiger partial charge in [0.05, 0.1) is 16.9 Å². The van der Waals surface area contributed by atoms with Crippen LogP contribution in [0.2, 0.25) is 0 Å². The summed E-state index contributed by atoms with van der Waals surface area (Å²) < 4.78 is 7.41. The number of benzene rings is 1. The molecule has 1 unspecified atom stereocenters. The van der Waals surface area contributed by atoms with E-state index in [1.54, 1.807) is 0 Å². The van der Waals surface area contributed by atoms with Crippen LogP contribution in [0.1, 0.15) is 62.3 Å². The van der Waals surface area contributed by atoms with Crippen molar-refractivity contribution in [2.75, 3.05) is 11.4 Å². The van der Waals surface area contributed by atoms with Gasteiger partial charge in [-0.3, -0.25) is 9.36 Å². The number of aryl methyl sites for hydroxylation is 1. The van der Waals surface area contributed by atoms with Crippen LogP contribution in [0.25, 0.3) is 10.9 Å². The smallest absolute Gasteiger partial charge is 0.315 e. The van der Waals surface area contributed by atoms with E-state index >= 15 is 0 Å². The summed E-state index contributed by atoms with van der Waals surface area (Å²) in [5.74, 6) is 1.47. The second-order valence-electron chi connectivity index (χ2n) is 7.58. The summed E-state index contributed by atoms with van der Waals surface area (Å²) >= 11 is 0. The molecule has 3 heterocycles.